The van der Waals surface area contributed by atoms with Gasteiger partial charge in [-0.2, -0.15) is 0 Å². The number of carbonyl (C=O) groups excluding carboxylic acids is 4. The molecule has 1 heterocycles. The third kappa shape index (κ3) is 9.37. The van der Waals surface area contributed by atoms with E-state index in [1.165, 1.54) is 6.42 Å². The zero-order valence-corrected chi connectivity index (χ0v) is 26.9. The van der Waals surface area contributed by atoms with Gasteiger partial charge in [0.25, 0.3) is 11.8 Å². The van der Waals surface area contributed by atoms with Gasteiger partial charge in [0.05, 0.1) is 18.2 Å². The zero-order chi connectivity index (χ0) is 32.3. The summed E-state index contributed by atoms with van der Waals surface area (Å²) in [7, 11) is 0. The van der Waals surface area contributed by atoms with E-state index in [2.05, 4.69) is 16.0 Å². The standard InChI is InChI=1S/C35H49N5O5/c1-4-39(5-2)35(45)27-20-26(21-29(22-27)40-18-12-17-32(40)42)34(44)38-30(19-25-13-8-6-9-14-25)31(41)23-36-24(3)33(43)37-28-15-10-7-11-16-28/h6,8-9,13-14,20-22,24,28,30-31,36,41H,4-5,7,10-12,15-19,23H2,1-3H3,(H,37,43)(H,38,44)/t24-,30-,31+/m0/s1. The van der Waals surface area contributed by atoms with Gasteiger partial charge in [-0.15, -0.1) is 0 Å². The molecule has 2 aliphatic rings. The predicted molar refractivity (Wildman–Crippen MR) is 175 cm³/mol. The highest BCUT2D eigenvalue weighted by atomic mass is 16.3. The SMILES string of the molecule is CCN(CC)C(=O)c1cc(C(=O)N[C@@H](Cc2ccccc2)[C@H](O)CN[C@@H](C)C(=O)NC2CCCCC2)cc(N2CCCC2=O)c1. The highest BCUT2D eigenvalue weighted by molar-refractivity contribution is 6.03. The van der Waals surface area contributed by atoms with Crippen LogP contribution >= 0.6 is 0 Å². The number of amides is 4. The first kappa shape index (κ1) is 34.1. The average Bonchev–Trinajstić information content (AvgIpc) is 3.50. The van der Waals surface area contributed by atoms with E-state index in [1.54, 1.807) is 34.9 Å². The monoisotopic (exact) mass is 619 g/mol. The van der Waals surface area contributed by atoms with Gasteiger partial charge in [0.1, 0.15) is 0 Å². The van der Waals surface area contributed by atoms with Crippen LogP contribution in [0.25, 0.3) is 0 Å². The number of aliphatic hydroxyl groups excluding tert-OH is 1. The number of rotatable bonds is 14. The van der Waals surface area contributed by atoms with E-state index < -0.39 is 24.1 Å². The number of nitrogens with one attached hydrogen (secondary N) is 3. The second-order valence-corrected chi connectivity index (χ2v) is 12.2. The van der Waals surface area contributed by atoms with Crippen molar-refractivity contribution in [1.29, 1.82) is 0 Å². The molecule has 4 N–H and O–H groups in total. The molecule has 0 aromatic heterocycles. The summed E-state index contributed by atoms with van der Waals surface area (Å²) in [5.41, 5.74) is 2.01. The summed E-state index contributed by atoms with van der Waals surface area (Å²) in [6, 6.07) is 13.4. The molecule has 0 spiro atoms. The Hall–Kier alpha value is -3.76. The first-order valence-corrected chi connectivity index (χ1v) is 16.5. The minimum Gasteiger partial charge on any atom is -0.390 e. The van der Waals surface area contributed by atoms with E-state index in [4.69, 9.17) is 0 Å². The predicted octanol–water partition coefficient (Wildman–Crippen LogP) is 3.42. The van der Waals surface area contributed by atoms with Gasteiger partial charge in [0.15, 0.2) is 0 Å². The number of hydrogen-bond acceptors (Lipinski definition) is 6. The van der Waals surface area contributed by atoms with Crippen LogP contribution in [-0.4, -0.2) is 84.0 Å². The Morgan fingerprint density at radius 1 is 0.978 bits per heavy atom. The van der Waals surface area contributed by atoms with E-state index >= 15 is 0 Å². The molecule has 10 nitrogen and oxygen atoms in total. The van der Waals surface area contributed by atoms with Crippen molar-refractivity contribution in [3.8, 4) is 0 Å². The lowest BCUT2D eigenvalue weighted by molar-refractivity contribution is -0.123. The minimum absolute atomic E-state index is 0.0427. The van der Waals surface area contributed by atoms with Gasteiger partial charge in [-0.3, -0.25) is 19.2 Å². The summed E-state index contributed by atoms with van der Waals surface area (Å²) in [6.07, 6.45) is 5.89. The number of aliphatic hydroxyl groups is 1. The van der Waals surface area contributed by atoms with Crippen LogP contribution in [0.2, 0.25) is 0 Å². The van der Waals surface area contributed by atoms with E-state index in [-0.39, 0.29) is 35.9 Å². The number of hydrogen-bond donors (Lipinski definition) is 4. The van der Waals surface area contributed by atoms with Crippen LogP contribution in [0.4, 0.5) is 5.69 Å². The summed E-state index contributed by atoms with van der Waals surface area (Å²) in [6.45, 7) is 7.20. The second kappa shape index (κ2) is 16.5. The number of benzene rings is 2. The third-order valence-electron chi connectivity index (χ3n) is 8.92. The maximum Gasteiger partial charge on any atom is 0.253 e. The molecule has 0 bridgehead atoms. The van der Waals surface area contributed by atoms with Crippen molar-refractivity contribution in [1.82, 2.24) is 20.9 Å². The van der Waals surface area contributed by atoms with Crippen LogP contribution in [0.15, 0.2) is 48.5 Å². The number of carbonyl (C=O) groups is 4. The van der Waals surface area contributed by atoms with E-state index in [0.29, 0.717) is 50.1 Å². The van der Waals surface area contributed by atoms with Crippen LogP contribution in [0.1, 0.15) is 92.0 Å². The van der Waals surface area contributed by atoms with Crippen LogP contribution in [0, 0.1) is 0 Å². The molecule has 4 amide bonds. The highest BCUT2D eigenvalue weighted by Crippen LogP contribution is 2.25. The van der Waals surface area contributed by atoms with Gasteiger partial charge in [-0.05, 0) is 70.2 Å². The van der Waals surface area contributed by atoms with Crippen molar-refractivity contribution < 1.29 is 24.3 Å². The van der Waals surface area contributed by atoms with Gasteiger partial charge in [-0.25, -0.2) is 0 Å². The van der Waals surface area contributed by atoms with Crippen molar-refractivity contribution in [2.45, 2.75) is 96.4 Å². The van der Waals surface area contributed by atoms with Crippen molar-refractivity contribution in [2.24, 2.45) is 0 Å². The molecular weight excluding hydrogens is 570 g/mol. The number of anilines is 1. The molecule has 0 radical (unpaired) electrons. The molecule has 0 unspecified atom stereocenters. The van der Waals surface area contributed by atoms with Crippen molar-refractivity contribution in [3.63, 3.8) is 0 Å². The summed E-state index contributed by atoms with van der Waals surface area (Å²) in [5, 5.41) is 20.6. The zero-order valence-electron chi connectivity index (χ0n) is 26.9. The Morgan fingerprint density at radius 3 is 2.31 bits per heavy atom. The molecule has 10 heteroatoms. The van der Waals surface area contributed by atoms with Gasteiger partial charge in [0, 0.05) is 55.5 Å². The third-order valence-corrected chi connectivity index (χ3v) is 8.92. The molecule has 4 rings (SSSR count). The molecule has 2 aromatic carbocycles. The summed E-state index contributed by atoms with van der Waals surface area (Å²) in [4.78, 5) is 55.9. The molecule has 45 heavy (non-hydrogen) atoms. The van der Waals surface area contributed by atoms with Gasteiger partial charge >= 0.3 is 0 Å². The molecule has 1 aliphatic heterocycles. The molecular formula is C35H49N5O5. The molecule has 1 saturated carbocycles. The number of nitrogens with zero attached hydrogens (tertiary/aromatic N) is 2. The Balaban J connectivity index is 1.52. The van der Waals surface area contributed by atoms with Gasteiger partial charge in [0.2, 0.25) is 11.8 Å². The van der Waals surface area contributed by atoms with Crippen LogP contribution < -0.4 is 20.9 Å². The lowest BCUT2D eigenvalue weighted by Gasteiger charge is -2.28. The first-order chi connectivity index (χ1) is 21.7. The summed E-state index contributed by atoms with van der Waals surface area (Å²) >= 11 is 0. The van der Waals surface area contributed by atoms with E-state index in [0.717, 1.165) is 31.2 Å². The smallest absolute Gasteiger partial charge is 0.253 e. The molecule has 3 atom stereocenters. The molecule has 2 aromatic rings. The van der Waals surface area contributed by atoms with Crippen LogP contribution in [-0.2, 0) is 16.0 Å². The molecule has 2 fully saturated rings. The highest BCUT2D eigenvalue weighted by Gasteiger charge is 2.28. The molecule has 1 aliphatic carbocycles. The van der Waals surface area contributed by atoms with Crippen LogP contribution in [0.5, 0.6) is 0 Å². The summed E-state index contributed by atoms with van der Waals surface area (Å²) in [5.74, 6) is -0.816. The molecule has 1 saturated heterocycles. The fourth-order valence-corrected chi connectivity index (χ4v) is 6.14. The Kier molecular flexibility index (Phi) is 12.5. The maximum absolute atomic E-state index is 13.8. The van der Waals surface area contributed by atoms with Crippen molar-refractivity contribution in [3.05, 3.63) is 65.2 Å². The Labute approximate surface area is 266 Å². The lowest BCUT2D eigenvalue weighted by Crippen LogP contribution is -2.53. The van der Waals surface area contributed by atoms with Crippen LogP contribution in [0.3, 0.4) is 0 Å². The topological polar surface area (TPSA) is 131 Å². The van der Waals surface area contributed by atoms with Gasteiger partial charge in [-0.1, -0.05) is 49.6 Å². The average molecular weight is 620 g/mol. The normalized spacial score (nSPS) is 17.4. The maximum atomic E-state index is 13.8. The van der Waals surface area contributed by atoms with Crippen molar-refractivity contribution in [2.75, 3.05) is 31.1 Å². The summed E-state index contributed by atoms with van der Waals surface area (Å²) < 4.78 is 0. The largest absolute Gasteiger partial charge is 0.390 e. The second-order valence-electron chi connectivity index (χ2n) is 12.2. The van der Waals surface area contributed by atoms with E-state index in [9.17, 15) is 24.3 Å². The Bertz CT molecular complexity index is 1310. The quantitative estimate of drug-likeness (QED) is 0.256. The first-order valence-electron chi connectivity index (χ1n) is 16.5. The Morgan fingerprint density at radius 2 is 1.67 bits per heavy atom. The minimum atomic E-state index is -1.01. The lowest BCUT2D eigenvalue weighted by atomic mass is 9.95. The molecule has 244 valence electrons. The van der Waals surface area contributed by atoms with Crippen molar-refractivity contribution >= 4 is 29.3 Å². The fraction of sp³-hybridized carbons (Fsp3) is 0.543. The van der Waals surface area contributed by atoms with Gasteiger partial charge < -0.3 is 30.9 Å². The fourth-order valence-electron chi connectivity index (χ4n) is 6.14. The van der Waals surface area contributed by atoms with E-state index in [1.807, 2.05) is 44.2 Å².